The van der Waals surface area contributed by atoms with Gasteiger partial charge in [0, 0.05) is 64.7 Å². The van der Waals surface area contributed by atoms with E-state index in [1.54, 1.807) is 18.3 Å². The SMILES string of the molecule is CN1CCN(c2nccc3c(=O)cc(N(C)C4CCOCC4)oc23)CC1. The number of anilines is 2. The predicted molar refractivity (Wildman–Crippen MR) is 102 cm³/mol. The average molecular weight is 358 g/mol. The van der Waals surface area contributed by atoms with Gasteiger partial charge >= 0.3 is 0 Å². The van der Waals surface area contributed by atoms with Crippen LogP contribution in [0.1, 0.15) is 12.8 Å². The molecule has 2 aliphatic rings. The molecule has 4 heterocycles. The third-order valence-corrected chi connectivity index (χ3v) is 5.50. The number of ether oxygens (including phenoxy) is 1. The molecule has 0 aliphatic carbocycles. The topological polar surface area (TPSA) is 62.0 Å². The predicted octanol–water partition coefficient (Wildman–Crippen LogP) is 1.55. The molecular formula is C19H26N4O3. The highest BCUT2D eigenvalue weighted by molar-refractivity contribution is 5.87. The molecule has 7 nitrogen and oxygen atoms in total. The van der Waals surface area contributed by atoms with E-state index in [2.05, 4.69) is 26.7 Å². The van der Waals surface area contributed by atoms with Crippen LogP contribution in [0.15, 0.2) is 27.5 Å². The van der Waals surface area contributed by atoms with Crippen LogP contribution in [0.3, 0.4) is 0 Å². The quantitative estimate of drug-likeness (QED) is 0.825. The highest BCUT2D eigenvalue weighted by atomic mass is 16.5. The van der Waals surface area contributed by atoms with Gasteiger partial charge in [-0.1, -0.05) is 0 Å². The van der Waals surface area contributed by atoms with Crippen molar-refractivity contribution in [1.29, 1.82) is 0 Å². The molecule has 0 spiro atoms. The fourth-order valence-electron chi connectivity index (χ4n) is 3.73. The minimum absolute atomic E-state index is 0.0158. The molecule has 140 valence electrons. The summed E-state index contributed by atoms with van der Waals surface area (Å²) in [6, 6.07) is 3.68. The third kappa shape index (κ3) is 3.29. The van der Waals surface area contributed by atoms with Crippen LogP contribution in [0.25, 0.3) is 11.0 Å². The molecule has 0 saturated carbocycles. The second-order valence-electron chi connectivity index (χ2n) is 7.20. The normalized spacial score (nSPS) is 19.8. The molecule has 7 heteroatoms. The fraction of sp³-hybridized carbons (Fsp3) is 0.579. The Kier molecular flexibility index (Phi) is 4.82. The van der Waals surface area contributed by atoms with E-state index < -0.39 is 0 Å². The van der Waals surface area contributed by atoms with Crippen LogP contribution in [0.2, 0.25) is 0 Å². The van der Waals surface area contributed by atoms with Crippen molar-refractivity contribution in [2.45, 2.75) is 18.9 Å². The molecule has 0 radical (unpaired) electrons. The van der Waals surface area contributed by atoms with E-state index in [0.29, 0.717) is 22.9 Å². The first-order valence-electron chi connectivity index (χ1n) is 9.30. The van der Waals surface area contributed by atoms with E-state index in [1.807, 2.05) is 7.05 Å². The maximum absolute atomic E-state index is 12.7. The number of rotatable bonds is 3. The zero-order valence-corrected chi connectivity index (χ0v) is 15.5. The number of likely N-dealkylation sites (N-methyl/N-ethyl adjacent to an activating group) is 1. The van der Waals surface area contributed by atoms with Gasteiger partial charge in [-0.3, -0.25) is 4.79 Å². The molecule has 2 aromatic rings. The summed E-state index contributed by atoms with van der Waals surface area (Å²) in [7, 11) is 4.11. The Labute approximate surface area is 153 Å². The van der Waals surface area contributed by atoms with Gasteiger partial charge in [-0.2, -0.15) is 0 Å². The summed E-state index contributed by atoms with van der Waals surface area (Å²) in [6.07, 6.45) is 3.59. The van der Waals surface area contributed by atoms with Crippen LogP contribution < -0.4 is 15.2 Å². The van der Waals surface area contributed by atoms with Crippen molar-refractivity contribution in [2.24, 2.45) is 0 Å². The molecule has 26 heavy (non-hydrogen) atoms. The van der Waals surface area contributed by atoms with Crippen LogP contribution >= 0.6 is 0 Å². The molecule has 0 atom stereocenters. The Hall–Kier alpha value is -2.12. The summed E-state index contributed by atoms with van der Waals surface area (Å²) in [6.45, 7) is 5.22. The second-order valence-corrected chi connectivity index (χ2v) is 7.20. The molecule has 2 saturated heterocycles. The van der Waals surface area contributed by atoms with E-state index >= 15 is 0 Å². The molecule has 4 rings (SSSR count). The Bertz CT molecular complexity index is 823. The van der Waals surface area contributed by atoms with Gasteiger partial charge in [0.25, 0.3) is 0 Å². The number of nitrogens with zero attached hydrogens (tertiary/aromatic N) is 4. The van der Waals surface area contributed by atoms with E-state index in [1.165, 1.54) is 0 Å². The lowest BCUT2D eigenvalue weighted by Crippen LogP contribution is -2.45. The van der Waals surface area contributed by atoms with E-state index in [4.69, 9.17) is 9.15 Å². The summed E-state index contributed by atoms with van der Waals surface area (Å²) >= 11 is 0. The lowest BCUT2D eigenvalue weighted by molar-refractivity contribution is 0.0848. The lowest BCUT2D eigenvalue weighted by Gasteiger charge is -2.34. The van der Waals surface area contributed by atoms with E-state index in [-0.39, 0.29) is 5.43 Å². The maximum Gasteiger partial charge on any atom is 0.200 e. The average Bonchev–Trinajstić information content (AvgIpc) is 2.68. The highest BCUT2D eigenvalue weighted by Gasteiger charge is 2.23. The van der Waals surface area contributed by atoms with Crippen molar-refractivity contribution in [3.63, 3.8) is 0 Å². The molecule has 0 unspecified atom stereocenters. The van der Waals surface area contributed by atoms with Crippen LogP contribution in [0.4, 0.5) is 11.7 Å². The van der Waals surface area contributed by atoms with Gasteiger partial charge in [-0.25, -0.2) is 4.98 Å². The Morgan fingerprint density at radius 1 is 1.19 bits per heavy atom. The zero-order chi connectivity index (χ0) is 18.1. The van der Waals surface area contributed by atoms with Crippen molar-refractivity contribution < 1.29 is 9.15 Å². The molecule has 2 aliphatic heterocycles. The molecule has 0 bridgehead atoms. The van der Waals surface area contributed by atoms with Gasteiger partial charge in [0.05, 0.1) is 5.39 Å². The molecule has 0 N–H and O–H groups in total. The monoisotopic (exact) mass is 358 g/mol. The van der Waals surface area contributed by atoms with E-state index in [9.17, 15) is 4.79 Å². The van der Waals surface area contributed by atoms with Crippen molar-refractivity contribution in [3.8, 4) is 0 Å². The van der Waals surface area contributed by atoms with Crippen molar-refractivity contribution in [3.05, 3.63) is 28.6 Å². The van der Waals surface area contributed by atoms with Gasteiger partial charge in [0.1, 0.15) is 0 Å². The summed E-state index contributed by atoms with van der Waals surface area (Å²) in [4.78, 5) is 23.8. The van der Waals surface area contributed by atoms with Gasteiger partial charge in [0.2, 0.25) is 0 Å². The standard InChI is InChI=1S/C19H26N4O3/c1-21-7-9-23(10-8-21)19-18-15(3-6-20-19)16(24)13-17(26-18)22(2)14-4-11-25-12-5-14/h3,6,13-14H,4-5,7-12H2,1-2H3. The number of piperazine rings is 1. The molecule has 2 aromatic heterocycles. The fourth-order valence-corrected chi connectivity index (χ4v) is 3.73. The number of hydrogen-bond acceptors (Lipinski definition) is 7. The minimum atomic E-state index is -0.0158. The second kappa shape index (κ2) is 7.25. The lowest BCUT2D eigenvalue weighted by atomic mass is 10.1. The van der Waals surface area contributed by atoms with Gasteiger partial charge in [-0.15, -0.1) is 0 Å². The molecular weight excluding hydrogens is 332 g/mol. The van der Waals surface area contributed by atoms with Crippen LogP contribution in [0.5, 0.6) is 0 Å². The van der Waals surface area contributed by atoms with Gasteiger partial charge < -0.3 is 23.9 Å². The Balaban J connectivity index is 1.72. The van der Waals surface area contributed by atoms with Gasteiger partial charge in [0.15, 0.2) is 22.7 Å². The number of fused-ring (bicyclic) bond motifs is 1. The van der Waals surface area contributed by atoms with Crippen molar-refractivity contribution in [2.75, 3.05) is 63.3 Å². The van der Waals surface area contributed by atoms with Crippen LogP contribution in [0, 0.1) is 0 Å². The van der Waals surface area contributed by atoms with Crippen molar-refractivity contribution >= 4 is 22.7 Å². The largest absolute Gasteiger partial charge is 0.436 e. The Morgan fingerprint density at radius 2 is 1.92 bits per heavy atom. The summed E-state index contributed by atoms with van der Waals surface area (Å²) in [5.74, 6) is 1.38. The molecule has 0 aromatic carbocycles. The summed E-state index contributed by atoms with van der Waals surface area (Å²) in [5.41, 5.74) is 0.580. The van der Waals surface area contributed by atoms with Crippen LogP contribution in [-0.2, 0) is 4.74 Å². The zero-order valence-electron chi connectivity index (χ0n) is 15.5. The molecule has 0 amide bonds. The molecule has 2 fully saturated rings. The smallest absolute Gasteiger partial charge is 0.200 e. The number of hydrogen-bond donors (Lipinski definition) is 0. The summed E-state index contributed by atoms with van der Waals surface area (Å²) in [5, 5.41) is 0.595. The summed E-state index contributed by atoms with van der Waals surface area (Å²) < 4.78 is 11.7. The highest BCUT2D eigenvalue weighted by Crippen LogP contribution is 2.28. The first-order valence-corrected chi connectivity index (χ1v) is 9.30. The van der Waals surface area contributed by atoms with Gasteiger partial charge in [-0.05, 0) is 26.0 Å². The van der Waals surface area contributed by atoms with Crippen molar-refractivity contribution in [1.82, 2.24) is 9.88 Å². The third-order valence-electron chi connectivity index (χ3n) is 5.50. The van der Waals surface area contributed by atoms with Crippen LogP contribution in [-0.4, -0.2) is 69.4 Å². The Morgan fingerprint density at radius 3 is 2.65 bits per heavy atom. The maximum atomic E-state index is 12.7. The first-order chi connectivity index (χ1) is 12.6. The number of aromatic nitrogens is 1. The van der Waals surface area contributed by atoms with E-state index in [0.717, 1.165) is 58.1 Å². The number of pyridine rings is 1. The first kappa shape index (κ1) is 17.3. The minimum Gasteiger partial charge on any atom is -0.436 e.